The third-order valence-electron chi connectivity index (χ3n) is 8.77. The average molecular weight is 610 g/mol. The number of methoxy groups -OCH3 is 1. The van der Waals surface area contributed by atoms with Crippen LogP contribution in [0.5, 0.6) is 5.75 Å². The standard InChI is InChI=1S/C32H45ClN7OP/c1-21-8-9-26(30(23(21)3)42(6)7)35-31-25(33)20-34-32(37-31)36-27-18-22(2)28(19-29(27)41-5)40-12-10-24(11-13-40)39-16-14-38(4)15-17-39/h8-9,18-20,24H,10-17H2,1-7H3,(H2,34,35,36,37). The van der Waals surface area contributed by atoms with Gasteiger partial charge >= 0.3 is 0 Å². The second-order valence-corrected chi connectivity index (χ2v) is 14.5. The van der Waals surface area contributed by atoms with E-state index in [0.717, 1.165) is 30.2 Å². The van der Waals surface area contributed by atoms with Crippen molar-refractivity contribution in [3.05, 3.63) is 52.2 Å². The highest BCUT2D eigenvalue weighted by Crippen LogP contribution is 2.37. The van der Waals surface area contributed by atoms with Crippen LogP contribution in [-0.4, -0.2) is 92.6 Å². The fraction of sp³-hybridized carbons (Fsp3) is 0.500. The van der Waals surface area contributed by atoms with Crippen LogP contribution in [0.2, 0.25) is 5.02 Å². The molecule has 2 aromatic carbocycles. The van der Waals surface area contributed by atoms with Gasteiger partial charge in [0.1, 0.15) is 10.8 Å². The zero-order chi connectivity index (χ0) is 30.0. The third-order valence-corrected chi connectivity index (χ3v) is 10.5. The van der Waals surface area contributed by atoms with Gasteiger partial charge in [-0.15, -0.1) is 0 Å². The van der Waals surface area contributed by atoms with E-state index >= 15 is 0 Å². The molecule has 10 heteroatoms. The van der Waals surface area contributed by atoms with Gasteiger partial charge in [0.05, 0.1) is 19.0 Å². The van der Waals surface area contributed by atoms with E-state index in [0.29, 0.717) is 22.8 Å². The van der Waals surface area contributed by atoms with Crippen molar-refractivity contribution in [3.63, 3.8) is 0 Å². The highest BCUT2D eigenvalue weighted by Gasteiger charge is 2.28. The minimum atomic E-state index is -0.323. The van der Waals surface area contributed by atoms with Crippen LogP contribution in [-0.2, 0) is 0 Å². The number of nitrogens with one attached hydrogen (secondary N) is 2. The Morgan fingerprint density at radius 3 is 2.31 bits per heavy atom. The van der Waals surface area contributed by atoms with Gasteiger partial charge < -0.3 is 25.2 Å². The van der Waals surface area contributed by atoms with E-state index in [-0.39, 0.29) is 7.92 Å². The molecule has 1 aromatic heterocycles. The van der Waals surface area contributed by atoms with Gasteiger partial charge in [-0.05, 0) is 82.8 Å². The number of rotatable bonds is 8. The van der Waals surface area contributed by atoms with E-state index < -0.39 is 0 Å². The average Bonchev–Trinajstić information content (AvgIpc) is 2.97. The minimum absolute atomic E-state index is 0.323. The van der Waals surface area contributed by atoms with Crippen molar-refractivity contribution in [2.75, 3.05) is 82.3 Å². The van der Waals surface area contributed by atoms with E-state index in [1.165, 1.54) is 66.7 Å². The van der Waals surface area contributed by atoms with E-state index in [1.807, 2.05) is 0 Å². The topological polar surface area (TPSA) is 68.8 Å². The smallest absolute Gasteiger partial charge is 0.229 e. The summed E-state index contributed by atoms with van der Waals surface area (Å²) in [6.45, 7) is 17.9. The molecule has 0 unspecified atom stereocenters. The van der Waals surface area contributed by atoms with Crippen LogP contribution in [0.25, 0.3) is 0 Å². The number of piperidine rings is 1. The summed E-state index contributed by atoms with van der Waals surface area (Å²) < 4.78 is 5.85. The molecule has 8 nitrogen and oxygen atoms in total. The summed E-state index contributed by atoms with van der Waals surface area (Å²) in [5.74, 6) is 1.80. The first-order chi connectivity index (χ1) is 20.1. The molecular formula is C32H45ClN7OP. The van der Waals surface area contributed by atoms with Crippen molar-refractivity contribution < 1.29 is 4.74 Å². The van der Waals surface area contributed by atoms with Gasteiger partial charge in [-0.3, -0.25) is 4.90 Å². The van der Waals surface area contributed by atoms with Crippen LogP contribution in [0.15, 0.2) is 30.5 Å². The van der Waals surface area contributed by atoms with Gasteiger partial charge in [0.25, 0.3) is 0 Å². The molecule has 0 bridgehead atoms. The zero-order valence-electron chi connectivity index (χ0n) is 26.1. The van der Waals surface area contributed by atoms with E-state index in [2.05, 4.69) is 95.7 Å². The molecule has 0 atom stereocenters. The normalized spacial score (nSPS) is 17.1. The van der Waals surface area contributed by atoms with Gasteiger partial charge in [-0.2, -0.15) is 4.98 Å². The predicted molar refractivity (Wildman–Crippen MR) is 180 cm³/mol. The number of aromatic nitrogens is 2. The van der Waals surface area contributed by atoms with Crippen LogP contribution in [0.4, 0.5) is 28.8 Å². The summed E-state index contributed by atoms with van der Waals surface area (Å²) in [5.41, 5.74) is 6.89. The molecule has 2 N–H and O–H groups in total. The lowest BCUT2D eigenvalue weighted by Gasteiger charge is -2.43. The van der Waals surface area contributed by atoms with Crippen molar-refractivity contribution >= 4 is 53.7 Å². The monoisotopic (exact) mass is 609 g/mol. The van der Waals surface area contributed by atoms with Gasteiger partial charge in [0.2, 0.25) is 5.95 Å². The summed E-state index contributed by atoms with van der Waals surface area (Å²) in [4.78, 5) is 16.9. The number of anilines is 5. The summed E-state index contributed by atoms with van der Waals surface area (Å²) >= 11 is 6.56. The Labute approximate surface area is 257 Å². The minimum Gasteiger partial charge on any atom is -0.494 e. The van der Waals surface area contributed by atoms with E-state index in [9.17, 15) is 0 Å². The molecule has 2 aliphatic heterocycles. The van der Waals surface area contributed by atoms with Crippen LogP contribution in [0.1, 0.15) is 29.5 Å². The van der Waals surface area contributed by atoms with Crippen molar-refractivity contribution in [2.45, 2.75) is 39.7 Å². The van der Waals surface area contributed by atoms with Crippen LogP contribution >= 0.6 is 19.5 Å². The maximum Gasteiger partial charge on any atom is 0.229 e. The highest BCUT2D eigenvalue weighted by atomic mass is 35.5. The zero-order valence-corrected chi connectivity index (χ0v) is 27.7. The molecule has 3 aromatic rings. The van der Waals surface area contributed by atoms with Gasteiger partial charge in [-0.1, -0.05) is 25.6 Å². The lowest BCUT2D eigenvalue weighted by molar-refractivity contribution is 0.0982. The fourth-order valence-corrected chi connectivity index (χ4v) is 7.78. The van der Waals surface area contributed by atoms with Crippen molar-refractivity contribution in [1.82, 2.24) is 19.8 Å². The molecule has 2 fully saturated rings. The Morgan fingerprint density at radius 2 is 1.64 bits per heavy atom. The van der Waals surface area contributed by atoms with E-state index in [1.54, 1.807) is 13.3 Å². The Kier molecular flexibility index (Phi) is 9.78. The molecule has 2 saturated heterocycles. The Morgan fingerprint density at radius 1 is 0.929 bits per heavy atom. The largest absolute Gasteiger partial charge is 0.494 e. The number of benzene rings is 2. The van der Waals surface area contributed by atoms with Crippen LogP contribution < -0.4 is 25.6 Å². The molecular weight excluding hydrogens is 565 g/mol. The van der Waals surface area contributed by atoms with Crippen molar-refractivity contribution in [3.8, 4) is 5.75 Å². The number of nitrogens with zero attached hydrogens (tertiary/aromatic N) is 5. The first kappa shape index (κ1) is 30.8. The number of halogens is 1. The molecule has 2 aliphatic rings. The molecule has 0 spiro atoms. The molecule has 0 radical (unpaired) electrons. The fourth-order valence-electron chi connectivity index (χ4n) is 6.18. The lowest BCUT2D eigenvalue weighted by atomic mass is 10.0. The number of ether oxygens (including phenoxy) is 1. The number of hydrogen-bond donors (Lipinski definition) is 2. The molecule has 42 heavy (non-hydrogen) atoms. The molecule has 3 heterocycles. The second-order valence-electron chi connectivity index (χ2n) is 11.8. The first-order valence-corrected chi connectivity index (χ1v) is 17.5. The quantitative estimate of drug-likeness (QED) is 0.296. The molecule has 5 rings (SSSR count). The second kappa shape index (κ2) is 13.3. The molecule has 0 amide bonds. The molecule has 226 valence electrons. The van der Waals surface area contributed by atoms with Crippen LogP contribution in [0.3, 0.4) is 0 Å². The maximum absolute atomic E-state index is 6.56. The van der Waals surface area contributed by atoms with Crippen molar-refractivity contribution in [1.29, 1.82) is 0 Å². The van der Waals surface area contributed by atoms with Gasteiger partial charge in [0, 0.05) is 68.1 Å². The predicted octanol–water partition coefficient (Wildman–Crippen LogP) is 6.13. The Hall–Kier alpha value is -2.64. The molecule has 0 aliphatic carbocycles. The number of aryl methyl sites for hydroxylation is 2. The number of likely N-dealkylation sites (N-methyl/N-ethyl adjacent to an activating group) is 1. The van der Waals surface area contributed by atoms with Gasteiger partial charge in [-0.25, -0.2) is 4.98 Å². The number of piperazine rings is 1. The highest BCUT2D eigenvalue weighted by molar-refractivity contribution is 7.64. The Bertz CT molecular complexity index is 1400. The lowest BCUT2D eigenvalue weighted by Crippen LogP contribution is -2.52. The SMILES string of the molecule is COc1cc(N2CCC(N3CCN(C)CC3)CC2)c(C)cc1Nc1ncc(Cl)c(Nc2ccc(C)c(C)c2P(C)C)n1. The summed E-state index contributed by atoms with van der Waals surface area (Å²) in [5, 5.41) is 8.68. The first-order valence-electron chi connectivity index (χ1n) is 14.8. The maximum atomic E-state index is 6.56. The summed E-state index contributed by atoms with van der Waals surface area (Å²) in [7, 11) is 3.61. The Balaban J connectivity index is 1.31. The summed E-state index contributed by atoms with van der Waals surface area (Å²) in [6.07, 6.45) is 4.03. The van der Waals surface area contributed by atoms with E-state index in [4.69, 9.17) is 21.3 Å². The third kappa shape index (κ3) is 6.78. The van der Waals surface area contributed by atoms with Gasteiger partial charge in [0.15, 0.2) is 5.82 Å². The van der Waals surface area contributed by atoms with Crippen molar-refractivity contribution in [2.24, 2.45) is 0 Å². The summed E-state index contributed by atoms with van der Waals surface area (Å²) in [6, 6.07) is 9.22. The number of hydrogen-bond acceptors (Lipinski definition) is 8. The van der Waals surface area contributed by atoms with Crippen LogP contribution in [0, 0.1) is 20.8 Å². The molecule has 0 saturated carbocycles.